The van der Waals surface area contributed by atoms with E-state index in [2.05, 4.69) is 9.97 Å². The number of thiazole rings is 1. The van der Waals surface area contributed by atoms with E-state index < -0.39 is 0 Å². The van der Waals surface area contributed by atoms with Crippen molar-refractivity contribution in [1.82, 2.24) is 14.9 Å². The van der Waals surface area contributed by atoms with Crippen LogP contribution in [0.1, 0.15) is 53.2 Å². The molecule has 2 heterocycles. The van der Waals surface area contributed by atoms with Crippen molar-refractivity contribution in [3.8, 4) is 0 Å². The van der Waals surface area contributed by atoms with E-state index >= 15 is 0 Å². The Kier molecular flexibility index (Phi) is 4.83. The van der Waals surface area contributed by atoms with Crippen LogP contribution in [-0.2, 0) is 6.54 Å². The molecule has 1 saturated carbocycles. The Balaban J connectivity index is 1.83. The first-order valence-electron chi connectivity index (χ1n) is 7.86. The minimum Gasteiger partial charge on any atom is -0.330 e. The molecular formula is C17H21N3OS. The zero-order valence-corrected chi connectivity index (χ0v) is 13.7. The maximum atomic E-state index is 12.9. The zero-order chi connectivity index (χ0) is 15.4. The highest BCUT2D eigenvalue weighted by Crippen LogP contribution is 2.26. The lowest BCUT2D eigenvalue weighted by atomic mass is 9.93. The lowest BCUT2D eigenvalue weighted by Gasteiger charge is -2.34. The van der Waals surface area contributed by atoms with Gasteiger partial charge in [0.05, 0.1) is 5.01 Å². The second-order valence-corrected chi connectivity index (χ2v) is 6.89. The molecule has 2 aromatic heterocycles. The molecule has 1 aliphatic rings. The van der Waals surface area contributed by atoms with Gasteiger partial charge in [0, 0.05) is 30.4 Å². The molecule has 0 N–H and O–H groups in total. The Labute approximate surface area is 135 Å². The van der Waals surface area contributed by atoms with Crippen molar-refractivity contribution in [2.45, 2.75) is 51.6 Å². The lowest BCUT2D eigenvalue weighted by Crippen LogP contribution is -2.41. The lowest BCUT2D eigenvalue weighted by molar-refractivity contribution is 0.0608. The summed E-state index contributed by atoms with van der Waals surface area (Å²) in [5.74, 6) is 0.0630. The van der Waals surface area contributed by atoms with Gasteiger partial charge in [-0.1, -0.05) is 19.3 Å². The topological polar surface area (TPSA) is 46.1 Å². The number of aryl methyl sites for hydroxylation is 1. The molecule has 1 fully saturated rings. The minimum atomic E-state index is 0.0630. The summed E-state index contributed by atoms with van der Waals surface area (Å²) in [6.07, 6.45) is 9.46. The van der Waals surface area contributed by atoms with Crippen molar-refractivity contribution >= 4 is 17.2 Å². The maximum absolute atomic E-state index is 12.9. The van der Waals surface area contributed by atoms with Gasteiger partial charge in [0.15, 0.2) is 0 Å². The van der Waals surface area contributed by atoms with Gasteiger partial charge in [-0.05, 0) is 37.5 Å². The summed E-state index contributed by atoms with van der Waals surface area (Å²) in [5, 5.41) is 2.82. The van der Waals surface area contributed by atoms with Gasteiger partial charge in [-0.3, -0.25) is 9.78 Å². The summed E-state index contributed by atoms with van der Waals surface area (Å²) >= 11 is 1.53. The molecule has 1 aliphatic carbocycles. The molecule has 0 spiro atoms. The van der Waals surface area contributed by atoms with E-state index in [-0.39, 0.29) is 5.91 Å². The normalized spacial score (nSPS) is 15.7. The third-order valence-electron chi connectivity index (χ3n) is 4.22. The molecule has 1 amide bonds. The molecule has 0 radical (unpaired) electrons. The van der Waals surface area contributed by atoms with Crippen LogP contribution in [0.2, 0.25) is 0 Å². The van der Waals surface area contributed by atoms with Gasteiger partial charge in [0.1, 0.15) is 5.69 Å². The van der Waals surface area contributed by atoms with Crippen molar-refractivity contribution in [2.24, 2.45) is 0 Å². The fourth-order valence-corrected chi connectivity index (χ4v) is 3.64. The number of pyridine rings is 1. The molecule has 0 aromatic carbocycles. The number of hydrogen-bond donors (Lipinski definition) is 0. The van der Waals surface area contributed by atoms with Crippen LogP contribution in [0.25, 0.3) is 0 Å². The predicted octanol–water partition coefficient (Wildman–Crippen LogP) is 3.82. The Bertz CT molecular complexity index is 620. The van der Waals surface area contributed by atoms with E-state index in [1.807, 2.05) is 29.3 Å². The fraction of sp³-hybridized carbons (Fsp3) is 0.471. The summed E-state index contributed by atoms with van der Waals surface area (Å²) in [7, 11) is 0. The highest BCUT2D eigenvalue weighted by atomic mass is 32.1. The molecule has 0 unspecified atom stereocenters. The number of rotatable bonds is 4. The van der Waals surface area contributed by atoms with Gasteiger partial charge in [0.25, 0.3) is 5.91 Å². The van der Waals surface area contributed by atoms with Crippen molar-refractivity contribution in [1.29, 1.82) is 0 Å². The van der Waals surface area contributed by atoms with E-state index in [1.54, 1.807) is 12.4 Å². The van der Waals surface area contributed by atoms with Crippen molar-refractivity contribution < 1.29 is 4.79 Å². The van der Waals surface area contributed by atoms with Gasteiger partial charge < -0.3 is 4.90 Å². The summed E-state index contributed by atoms with van der Waals surface area (Å²) < 4.78 is 0. The first-order chi connectivity index (χ1) is 10.7. The smallest absolute Gasteiger partial charge is 0.273 e. The number of aromatic nitrogens is 2. The minimum absolute atomic E-state index is 0.0630. The Hall–Kier alpha value is -1.75. The monoisotopic (exact) mass is 315 g/mol. The number of nitrogens with zero attached hydrogens (tertiary/aromatic N) is 3. The highest BCUT2D eigenvalue weighted by Gasteiger charge is 2.27. The van der Waals surface area contributed by atoms with E-state index in [1.165, 1.54) is 30.6 Å². The van der Waals surface area contributed by atoms with Gasteiger partial charge >= 0.3 is 0 Å². The second kappa shape index (κ2) is 7.01. The Morgan fingerprint density at radius 2 is 2.00 bits per heavy atom. The van der Waals surface area contributed by atoms with Crippen LogP contribution in [0.4, 0.5) is 0 Å². The molecule has 5 heteroatoms. The Morgan fingerprint density at radius 1 is 1.27 bits per heavy atom. The van der Waals surface area contributed by atoms with Crippen LogP contribution in [-0.4, -0.2) is 26.8 Å². The number of amides is 1. The summed E-state index contributed by atoms with van der Waals surface area (Å²) in [5.41, 5.74) is 1.71. The van der Waals surface area contributed by atoms with Crippen LogP contribution in [0, 0.1) is 6.92 Å². The summed E-state index contributed by atoms with van der Waals surface area (Å²) in [4.78, 5) is 23.4. The van der Waals surface area contributed by atoms with Crippen LogP contribution >= 0.6 is 11.3 Å². The van der Waals surface area contributed by atoms with Crippen LogP contribution < -0.4 is 0 Å². The Morgan fingerprint density at radius 3 is 2.64 bits per heavy atom. The van der Waals surface area contributed by atoms with Gasteiger partial charge in [-0.2, -0.15) is 0 Å². The van der Waals surface area contributed by atoms with E-state index in [0.29, 0.717) is 18.3 Å². The maximum Gasteiger partial charge on any atom is 0.273 e. The van der Waals surface area contributed by atoms with E-state index in [0.717, 1.165) is 23.4 Å². The molecule has 0 saturated heterocycles. The van der Waals surface area contributed by atoms with E-state index in [9.17, 15) is 4.79 Å². The average molecular weight is 315 g/mol. The SMILES string of the molecule is Cc1nc(C(=O)N(Cc2ccncc2)C2CCCCC2)cs1. The zero-order valence-electron chi connectivity index (χ0n) is 12.9. The first-order valence-corrected chi connectivity index (χ1v) is 8.74. The predicted molar refractivity (Wildman–Crippen MR) is 87.8 cm³/mol. The van der Waals surface area contributed by atoms with Crippen LogP contribution in [0.5, 0.6) is 0 Å². The third kappa shape index (κ3) is 3.53. The molecule has 0 atom stereocenters. The largest absolute Gasteiger partial charge is 0.330 e. The quantitative estimate of drug-likeness (QED) is 0.861. The van der Waals surface area contributed by atoms with Crippen molar-refractivity contribution in [3.05, 3.63) is 46.2 Å². The average Bonchev–Trinajstić information content (AvgIpc) is 3.00. The molecule has 4 nitrogen and oxygen atoms in total. The second-order valence-electron chi connectivity index (χ2n) is 5.83. The molecule has 22 heavy (non-hydrogen) atoms. The van der Waals surface area contributed by atoms with Gasteiger partial charge in [-0.15, -0.1) is 11.3 Å². The summed E-state index contributed by atoms with van der Waals surface area (Å²) in [6.45, 7) is 2.58. The van der Waals surface area contributed by atoms with E-state index in [4.69, 9.17) is 0 Å². The summed E-state index contributed by atoms with van der Waals surface area (Å²) in [6, 6.07) is 4.29. The van der Waals surface area contributed by atoms with Gasteiger partial charge in [-0.25, -0.2) is 4.98 Å². The molecule has 2 aromatic rings. The molecule has 3 rings (SSSR count). The first kappa shape index (κ1) is 15.2. The van der Waals surface area contributed by atoms with Gasteiger partial charge in [0.2, 0.25) is 0 Å². The van der Waals surface area contributed by atoms with Crippen molar-refractivity contribution in [3.63, 3.8) is 0 Å². The molecule has 116 valence electrons. The number of carbonyl (C=O) groups is 1. The van der Waals surface area contributed by atoms with Crippen LogP contribution in [0.15, 0.2) is 29.9 Å². The molecular weight excluding hydrogens is 294 g/mol. The fourth-order valence-electron chi connectivity index (χ4n) is 3.05. The van der Waals surface area contributed by atoms with Crippen LogP contribution in [0.3, 0.4) is 0 Å². The number of carbonyl (C=O) groups excluding carboxylic acids is 1. The van der Waals surface area contributed by atoms with Crippen molar-refractivity contribution in [2.75, 3.05) is 0 Å². The highest BCUT2D eigenvalue weighted by molar-refractivity contribution is 7.09. The number of hydrogen-bond acceptors (Lipinski definition) is 4. The molecule has 0 bridgehead atoms. The third-order valence-corrected chi connectivity index (χ3v) is 4.99. The molecule has 0 aliphatic heterocycles. The standard InChI is InChI=1S/C17H21N3OS/c1-13-19-16(12-22-13)17(21)20(15-5-3-2-4-6-15)11-14-7-9-18-10-8-14/h7-10,12,15H,2-6,11H2,1H3.